The summed E-state index contributed by atoms with van der Waals surface area (Å²) in [5, 5.41) is 11.2. The summed E-state index contributed by atoms with van der Waals surface area (Å²) in [5.41, 5.74) is 0.698. The van der Waals surface area contributed by atoms with Crippen molar-refractivity contribution in [2.45, 2.75) is 6.92 Å². The monoisotopic (exact) mass is 341 g/mol. The Bertz CT molecular complexity index is 646. The summed E-state index contributed by atoms with van der Waals surface area (Å²) in [6.45, 7) is 1.85. The van der Waals surface area contributed by atoms with Gasteiger partial charge in [-0.2, -0.15) is 0 Å². The van der Waals surface area contributed by atoms with Gasteiger partial charge in [0.05, 0.1) is 9.95 Å². The van der Waals surface area contributed by atoms with Gasteiger partial charge in [-0.1, -0.05) is 39.7 Å². The van der Waals surface area contributed by atoms with Crippen molar-refractivity contribution in [2.75, 3.05) is 0 Å². The molecule has 0 aromatic heterocycles. The maximum Gasteiger partial charge on any atom is 0.313 e. The molecule has 2 rings (SSSR count). The normalized spacial score (nSPS) is 10.3. The Hall–Kier alpha value is -1.59. The van der Waals surface area contributed by atoms with E-state index in [4.69, 9.17) is 16.3 Å². The molecule has 0 atom stereocenters. The number of nitrogens with zero attached hydrogens (tertiary/aromatic N) is 1. The lowest BCUT2D eigenvalue weighted by Crippen LogP contribution is -1.95. The fourth-order valence-electron chi connectivity index (χ4n) is 1.54. The van der Waals surface area contributed by atoms with Crippen LogP contribution in [0.3, 0.4) is 0 Å². The summed E-state index contributed by atoms with van der Waals surface area (Å²) in [6.07, 6.45) is 0. The first-order valence-corrected chi connectivity index (χ1v) is 6.53. The van der Waals surface area contributed by atoms with E-state index in [1.807, 2.05) is 19.1 Å². The molecule has 0 amide bonds. The van der Waals surface area contributed by atoms with Gasteiger partial charge in [0.2, 0.25) is 5.75 Å². The lowest BCUT2D eigenvalue weighted by molar-refractivity contribution is -0.385. The van der Waals surface area contributed by atoms with E-state index >= 15 is 0 Å². The predicted molar refractivity (Wildman–Crippen MR) is 77.1 cm³/mol. The van der Waals surface area contributed by atoms with Crippen molar-refractivity contribution in [3.05, 3.63) is 61.6 Å². The largest absolute Gasteiger partial charge is 0.448 e. The van der Waals surface area contributed by atoms with Crippen LogP contribution in [0.5, 0.6) is 11.5 Å². The van der Waals surface area contributed by atoms with Crippen LogP contribution < -0.4 is 4.74 Å². The Kier molecular flexibility index (Phi) is 4.07. The fraction of sp³-hybridized carbons (Fsp3) is 0.0769. The summed E-state index contributed by atoms with van der Waals surface area (Å²) in [5.74, 6) is 0.570. The molecule has 19 heavy (non-hydrogen) atoms. The molecule has 0 N–H and O–H groups in total. The zero-order valence-electron chi connectivity index (χ0n) is 9.89. The van der Waals surface area contributed by atoms with E-state index < -0.39 is 4.92 Å². The number of aryl methyl sites for hydroxylation is 1. The van der Waals surface area contributed by atoms with E-state index in [2.05, 4.69) is 15.9 Å². The molecule has 0 heterocycles. The number of hydrogen-bond donors (Lipinski definition) is 0. The number of rotatable bonds is 3. The molecule has 6 heteroatoms. The van der Waals surface area contributed by atoms with Gasteiger partial charge in [-0.3, -0.25) is 10.1 Å². The summed E-state index contributed by atoms with van der Waals surface area (Å²) in [4.78, 5) is 10.5. The molecule has 0 fully saturated rings. The third-order valence-corrected chi connectivity index (χ3v) is 3.30. The average Bonchev–Trinajstić information content (AvgIpc) is 2.35. The van der Waals surface area contributed by atoms with Crippen molar-refractivity contribution in [1.29, 1.82) is 0 Å². The second-order valence-corrected chi connectivity index (χ2v) is 5.18. The number of halogens is 2. The Labute approximate surface area is 123 Å². The minimum Gasteiger partial charge on any atom is -0.448 e. The van der Waals surface area contributed by atoms with Gasteiger partial charge in [0.15, 0.2) is 0 Å². The Morgan fingerprint density at radius 2 is 2.05 bits per heavy atom. The lowest BCUT2D eigenvalue weighted by atomic mass is 10.2. The first-order valence-electron chi connectivity index (χ1n) is 5.36. The number of nitro benzene ring substituents is 1. The molecule has 0 bridgehead atoms. The molecule has 0 spiro atoms. The maximum absolute atomic E-state index is 11.0. The van der Waals surface area contributed by atoms with E-state index in [0.29, 0.717) is 5.75 Å². The zero-order valence-corrected chi connectivity index (χ0v) is 12.2. The summed E-state index contributed by atoms with van der Waals surface area (Å²) >= 11 is 9.30. The molecule has 0 aliphatic carbocycles. The van der Waals surface area contributed by atoms with Crippen molar-refractivity contribution >= 4 is 33.2 Å². The number of hydrogen-bond acceptors (Lipinski definition) is 3. The van der Waals surface area contributed by atoms with E-state index in [1.165, 1.54) is 12.1 Å². The highest BCUT2D eigenvalue weighted by atomic mass is 79.9. The fourth-order valence-corrected chi connectivity index (χ4v) is 2.08. The van der Waals surface area contributed by atoms with Crippen LogP contribution in [0.4, 0.5) is 5.69 Å². The minimum absolute atomic E-state index is 0.0513. The highest BCUT2D eigenvalue weighted by molar-refractivity contribution is 9.10. The van der Waals surface area contributed by atoms with Gasteiger partial charge in [0.25, 0.3) is 0 Å². The molecule has 0 unspecified atom stereocenters. The van der Waals surface area contributed by atoms with Crippen molar-refractivity contribution in [1.82, 2.24) is 0 Å². The van der Waals surface area contributed by atoms with Crippen LogP contribution in [0.2, 0.25) is 5.02 Å². The minimum atomic E-state index is -0.519. The molecule has 0 saturated heterocycles. The van der Waals surface area contributed by atoms with E-state index in [9.17, 15) is 10.1 Å². The van der Waals surface area contributed by atoms with Crippen LogP contribution in [0.15, 0.2) is 40.9 Å². The highest BCUT2D eigenvalue weighted by Gasteiger charge is 2.19. The molecular weight excluding hydrogens is 334 g/mol. The first kappa shape index (κ1) is 13.8. The smallest absolute Gasteiger partial charge is 0.313 e. The Balaban J connectivity index is 2.49. The van der Waals surface area contributed by atoms with Gasteiger partial charge < -0.3 is 4.74 Å². The number of nitro groups is 1. The van der Waals surface area contributed by atoms with Crippen molar-refractivity contribution in [3.8, 4) is 11.5 Å². The van der Waals surface area contributed by atoms with Gasteiger partial charge in [-0.15, -0.1) is 0 Å². The summed E-state index contributed by atoms with van der Waals surface area (Å²) < 4.78 is 6.43. The number of para-hydroxylation sites is 1. The first-order chi connectivity index (χ1) is 8.99. The average molecular weight is 343 g/mol. The van der Waals surface area contributed by atoms with Crippen LogP contribution in [-0.4, -0.2) is 4.92 Å². The van der Waals surface area contributed by atoms with E-state index in [0.717, 1.165) is 10.0 Å². The van der Waals surface area contributed by atoms with Gasteiger partial charge in [0.1, 0.15) is 5.75 Å². The van der Waals surface area contributed by atoms with Gasteiger partial charge >= 0.3 is 5.69 Å². The highest BCUT2D eigenvalue weighted by Crippen LogP contribution is 2.39. The van der Waals surface area contributed by atoms with Gasteiger partial charge in [-0.05, 0) is 30.7 Å². The molecule has 2 aromatic carbocycles. The van der Waals surface area contributed by atoms with Crippen molar-refractivity contribution in [2.24, 2.45) is 0 Å². The number of ether oxygens (including phenoxy) is 1. The molecule has 0 saturated carbocycles. The third kappa shape index (κ3) is 3.05. The van der Waals surface area contributed by atoms with Gasteiger partial charge in [0, 0.05) is 10.5 Å². The van der Waals surface area contributed by atoms with Crippen LogP contribution >= 0.6 is 27.5 Å². The van der Waals surface area contributed by atoms with Crippen molar-refractivity contribution in [3.63, 3.8) is 0 Å². The second kappa shape index (κ2) is 5.59. The molecule has 2 aromatic rings. The zero-order chi connectivity index (χ0) is 14.0. The SMILES string of the molecule is Cc1ccc(Br)cc1Oc1c(Cl)cccc1[N+](=O)[O-]. The Morgan fingerprint density at radius 3 is 2.74 bits per heavy atom. The van der Waals surface area contributed by atoms with Crippen molar-refractivity contribution < 1.29 is 9.66 Å². The third-order valence-electron chi connectivity index (χ3n) is 2.51. The molecule has 98 valence electrons. The van der Waals surface area contributed by atoms with Crippen LogP contribution in [0, 0.1) is 17.0 Å². The maximum atomic E-state index is 11.0. The molecular formula is C13H9BrClNO3. The lowest BCUT2D eigenvalue weighted by Gasteiger charge is -2.10. The predicted octanol–water partition coefficient (Wildman–Crippen LogP) is 5.11. The molecule has 4 nitrogen and oxygen atoms in total. The van der Waals surface area contributed by atoms with Crippen LogP contribution in [-0.2, 0) is 0 Å². The van der Waals surface area contributed by atoms with Crippen LogP contribution in [0.25, 0.3) is 0 Å². The molecule has 0 radical (unpaired) electrons. The van der Waals surface area contributed by atoms with E-state index in [1.54, 1.807) is 12.1 Å². The molecule has 0 aliphatic heterocycles. The Morgan fingerprint density at radius 1 is 1.32 bits per heavy atom. The topological polar surface area (TPSA) is 52.4 Å². The quantitative estimate of drug-likeness (QED) is 0.575. The van der Waals surface area contributed by atoms with E-state index in [-0.39, 0.29) is 16.5 Å². The summed E-state index contributed by atoms with van der Waals surface area (Å²) in [6, 6.07) is 9.88. The molecule has 0 aliphatic rings. The second-order valence-electron chi connectivity index (χ2n) is 3.86. The summed E-state index contributed by atoms with van der Waals surface area (Å²) in [7, 11) is 0. The van der Waals surface area contributed by atoms with Crippen LogP contribution in [0.1, 0.15) is 5.56 Å². The number of benzene rings is 2. The standard InChI is InChI=1S/C13H9BrClNO3/c1-8-5-6-9(14)7-12(8)19-13-10(15)3-2-4-11(13)16(17)18/h2-7H,1H3. The van der Waals surface area contributed by atoms with Gasteiger partial charge in [-0.25, -0.2) is 0 Å².